The number of fused-ring (bicyclic) bond motifs is 1. The van der Waals surface area contributed by atoms with E-state index in [9.17, 15) is 4.79 Å². The van der Waals surface area contributed by atoms with Gasteiger partial charge in [-0.1, -0.05) is 11.6 Å². The molecule has 3 N–H and O–H groups in total. The highest BCUT2D eigenvalue weighted by molar-refractivity contribution is 5.79. The van der Waals surface area contributed by atoms with Gasteiger partial charge in [-0.2, -0.15) is 0 Å². The van der Waals surface area contributed by atoms with E-state index in [-0.39, 0.29) is 12.1 Å². The molecule has 3 heteroatoms. The largest absolute Gasteiger partial charge is 0.326 e. The molecule has 2 aromatic rings. The van der Waals surface area contributed by atoms with E-state index in [2.05, 4.69) is 4.98 Å². The first-order chi connectivity index (χ1) is 6.70. The lowest BCUT2D eigenvalue weighted by Gasteiger charge is -2.01. The fourth-order valence-corrected chi connectivity index (χ4v) is 1.52. The summed E-state index contributed by atoms with van der Waals surface area (Å²) in [6.45, 7) is 2.30. The summed E-state index contributed by atoms with van der Waals surface area (Å²) >= 11 is 0. The summed E-state index contributed by atoms with van der Waals surface area (Å²) in [6, 6.07) is 7.76. The van der Waals surface area contributed by atoms with Gasteiger partial charge in [0.05, 0.1) is 0 Å². The van der Waals surface area contributed by atoms with E-state index in [0.717, 1.165) is 10.9 Å². The minimum Gasteiger partial charge on any atom is -0.326 e. The van der Waals surface area contributed by atoms with E-state index in [1.54, 1.807) is 0 Å². The average molecular weight is 188 g/mol. The highest BCUT2D eigenvalue weighted by atomic mass is 16.1. The Morgan fingerprint density at radius 1 is 1.36 bits per heavy atom. The van der Waals surface area contributed by atoms with Gasteiger partial charge < -0.3 is 10.7 Å². The number of benzene rings is 1. The van der Waals surface area contributed by atoms with Gasteiger partial charge in [-0.25, -0.2) is 0 Å². The van der Waals surface area contributed by atoms with Crippen molar-refractivity contribution in [2.24, 2.45) is 5.73 Å². The SMILES string of the molecule is Cc1ccc2[nH]c(=O)c(CN)cc2c1. The molecule has 1 aromatic carbocycles. The van der Waals surface area contributed by atoms with Crippen molar-refractivity contribution in [2.75, 3.05) is 0 Å². The first-order valence-corrected chi connectivity index (χ1v) is 4.53. The fourth-order valence-electron chi connectivity index (χ4n) is 1.52. The molecule has 0 aliphatic rings. The van der Waals surface area contributed by atoms with Gasteiger partial charge in [0.25, 0.3) is 5.56 Å². The molecule has 0 aliphatic heterocycles. The van der Waals surface area contributed by atoms with Crippen LogP contribution in [0, 0.1) is 6.92 Å². The fraction of sp³-hybridized carbons (Fsp3) is 0.182. The Kier molecular flexibility index (Phi) is 2.09. The number of hydrogen-bond donors (Lipinski definition) is 2. The van der Waals surface area contributed by atoms with E-state index in [1.165, 1.54) is 5.56 Å². The predicted molar refractivity (Wildman–Crippen MR) is 57.2 cm³/mol. The van der Waals surface area contributed by atoms with Crippen molar-refractivity contribution in [3.8, 4) is 0 Å². The van der Waals surface area contributed by atoms with Gasteiger partial charge >= 0.3 is 0 Å². The first kappa shape index (κ1) is 8.97. The van der Waals surface area contributed by atoms with Gasteiger partial charge in [-0.15, -0.1) is 0 Å². The standard InChI is InChI=1S/C11H12N2O/c1-7-2-3-10-8(4-7)5-9(6-12)11(14)13-10/h2-5H,6,12H2,1H3,(H,13,14). The molecule has 2 rings (SSSR count). The number of nitrogens with two attached hydrogens (primary N) is 1. The summed E-state index contributed by atoms with van der Waals surface area (Å²) in [4.78, 5) is 14.2. The number of hydrogen-bond acceptors (Lipinski definition) is 2. The zero-order chi connectivity index (χ0) is 10.1. The summed E-state index contributed by atoms with van der Waals surface area (Å²) in [5.74, 6) is 0. The maximum atomic E-state index is 11.4. The van der Waals surface area contributed by atoms with Gasteiger partial charge in [0.15, 0.2) is 0 Å². The van der Waals surface area contributed by atoms with Crippen LogP contribution in [0.4, 0.5) is 0 Å². The molecule has 1 heterocycles. The average Bonchev–Trinajstić information content (AvgIpc) is 2.17. The second-order valence-electron chi connectivity index (χ2n) is 3.42. The second-order valence-corrected chi connectivity index (χ2v) is 3.42. The highest BCUT2D eigenvalue weighted by Gasteiger charge is 2.00. The number of aryl methyl sites for hydroxylation is 1. The van der Waals surface area contributed by atoms with Crippen molar-refractivity contribution in [3.05, 3.63) is 45.7 Å². The first-order valence-electron chi connectivity index (χ1n) is 4.53. The van der Waals surface area contributed by atoms with Crippen molar-refractivity contribution < 1.29 is 0 Å². The monoisotopic (exact) mass is 188 g/mol. The Labute approximate surface area is 81.6 Å². The van der Waals surface area contributed by atoms with Crippen LogP contribution in [0.15, 0.2) is 29.1 Å². The van der Waals surface area contributed by atoms with Crippen LogP contribution in [0.3, 0.4) is 0 Å². The Morgan fingerprint density at radius 3 is 2.86 bits per heavy atom. The molecule has 0 saturated heterocycles. The Balaban J connectivity index is 2.80. The van der Waals surface area contributed by atoms with Crippen LogP contribution in [0.2, 0.25) is 0 Å². The third-order valence-electron chi connectivity index (χ3n) is 2.30. The maximum Gasteiger partial charge on any atom is 0.252 e. The summed E-state index contributed by atoms with van der Waals surface area (Å²) in [7, 11) is 0. The molecule has 0 saturated carbocycles. The van der Waals surface area contributed by atoms with Gasteiger partial charge in [0.1, 0.15) is 0 Å². The number of aromatic amines is 1. The Hall–Kier alpha value is -1.61. The predicted octanol–water partition coefficient (Wildman–Crippen LogP) is 1.30. The number of rotatable bonds is 1. The molecule has 0 unspecified atom stereocenters. The molecule has 0 atom stereocenters. The van der Waals surface area contributed by atoms with Crippen molar-refractivity contribution in [1.29, 1.82) is 0 Å². The molecule has 1 aromatic heterocycles. The van der Waals surface area contributed by atoms with Crippen LogP contribution >= 0.6 is 0 Å². The zero-order valence-electron chi connectivity index (χ0n) is 8.00. The number of aromatic nitrogens is 1. The second kappa shape index (κ2) is 3.27. The van der Waals surface area contributed by atoms with E-state index < -0.39 is 0 Å². The minimum absolute atomic E-state index is 0.0937. The molecule has 0 fully saturated rings. The Morgan fingerprint density at radius 2 is 2.14 bits per heavy atom. The smallest absolute Gasteiger partial charge is 0.252 e. The molecule has 3 nitrogen and oxygen atoms in total. The van der Waals surface area contributed by atoms with Crippen LogP contribution in [0.5, 0.6) is 0 Å². The highest BCUT2D eigenvalue weighted by Crippen LogP contribution is 2.12. The zero-order valence-corrected chi connectivity index (χ0v) is 8.00. The van der Waals surface area contributed by atoms with Crippen molar-refractivity contribution in [1.82, 2.24) is 4.98 Å². The minimum atomic E-state index is -0.0937. The summed E-state index contributed by atoms with van der Waals surface area (Å²) < 4.78 is 0. The number of H-pyrrole nitrogens is 1. The lowest BCUT2D eigenvalue weighted by Crippen LogP contribution is -2.15. The van der Waals surface area contributed by atoms with Gasteiger partial charge in [0.2, 0.25) is 0 Å². The number of nitrogens with one attached hydrogen (secondary N) is 1. The third kappa shape index (κ3) is 1.42. The summed E-state index contributed by atoms with van der Waals surface area (Å²) in [5, 5.41) is 1.03. The molecule has 0 amide bonds. The van der Waals surface area contributed by atoms with Crippen molar-refractivity contribution in [2.45, 2.75) is 13.5 Å². The van der Waals surface area contributed by atoms with Gasteiger partial charge in [-0.05, 0) is 30.5 Å². The van der Waals surface area contributed by atoms with Gasteiger partial charge in [0, 0.05) is 17.6 Å². The normalized spacial score (nSPS) is 10.7. The molecule has 14 heavy (non-hydrogen) atoms. The molecule has 0 aliphatic carbocycles. The lowest BCUT2D eigenvalue weighted by molar-refractivity contribution is 1.03. The third-order valence-corrected chi connectivity index (χ3v) is 2.30. The molecule has 0 bridgehead atoms. The van der Waals surface area contributed by atoms with Crippen molar-refractivity contribution >= 4 is 10.9 Å². The molecular formula is C11H12N2O. The van der Waals surface area contributed by atoms with E-state index in [4.69, 9.17) is 5.73 Å². The lowest BCUT2D eigenvalue weighted by atomic mass is 10.1. The van der Waals surface area contributed by atoms with Crippen LogP contribution in [-0.4, -0.2) is 4.98 Å². The van der Waals surface area contributed by atoms with Crippen LogP contribution < -0.4 is 11.3 Å². The van der Waals surface area contributed by atoms with E-state index in [1.807, 2.05) is 31.2 Å². The van der Waals surface area contributed by atoms with E-state index in [0.29, 0.717) is 5.56 Å². The maximum absolute atomic E-state index is 11.4. The van der Waals surface area contributed by atoms with Gasteiger partial charge in [-0.3, -0.25) is 4.79 Å². The molecular weight excluding hydrogens is 176 g/mol. The van der Waals surface area contributed by atoms with Crippen LogP contribution in [0.25, 0.3) is 10.9 Å². The van der Waals surface area contributed by atoms with Crippen molar-refractivity contribution in [3.63, 3.8) is 0 Å². The quantitative estimate of drug-likeness (QED) is 0.708. The molecule has 0 spiro atoms. The van der Waals surface area contributed by atoms with Crippen LogP contribution in [0.1, 0.15) is 11.1 Å². The molecule has 72 valence electrons. The topological polar surface area (TPSA) is 58.9 Å². The van der Waals surface area contributed by atoms with E-state index >= 15 is 0 Å². The Bertz CT molecular complexity index is 528. The molecule has 0 radical (unpaired) electrons. The summed E-state index contributed by atoms with van der Waals surface area (Å²) in [6.07, 6.45) is 0. The van der Waals surface area contributed by atoms with Crippen LogP contribution in [-0.2, 0) is 6.54 Å². The number of pyridine rings is 1. The summed E-state index contributed by atoms with van der Waals surface area (Å²) in [5.41, 5.74) is 8.03.